The number of hydrogen-bond acceptors (Lipinski definition) is 4. The maximum Gasteiger partial charge on any atom is 0.223 e. The maximum atomic E-state index is 13.1. The van der Waals surface area contributed by atoms with Crippen LogP contribution in [0.5, 0.6) is 5.75 Å². The van der Waals surface area contributed by atoms with Gasteiger partial charge in [0.25, 0.3) is 0 Å². The smallest absolute Gasteiger partial charge is 0.223 e. The van der Waals surface area contributed by atoms with E-state index in [2.05, 4.69) is 10.2 Å². The Morgan fingerprint density at radius 2 is 2.12 bits per heavy atom. The van der Waals surface area contributed by atoms with Crippen LogP contribution in [0.15, 0.2) is 24.3 Å². The van der Waals surface area contributed by atoms with Crippen LogP contribution in [-0.4, -0.2) is 57.3 Å². The summed E-state index contributed by atoms with van der Waals surface area (Å²) in [6.07, 6.45) is 2.59. The molecule has 0 atom stereocenters. The third-order valence-electron chi connectivity index (χ3n) is 4.26. The SMILES string of the molecule is COCCCNC(=O)C1CCN(CCOc2cccc(F)c2)CC1. The Kier molecular flexibility index (Phi) is 7.98. The molecule has 134 valence electrons. The van der Waals surface area contributed by atoms with Crippen LogP contribution >= 0.6 is 0 Å². The van der Waals surface area contributed by atoms with Gasteiger partial charge in [-0.2, -0.15) is 0 Å². The lowest BCUT2D eigenvalue weighted by molar-refractivity contribution is -0.126. The minimum Gasteiger partial charge on any atom is -0.492 e. The predicted molar refractivity (Wildman–Crippen MR) is 90.6 cm³/mol. The standard InChI is InChI=1S/C18H27FN2O3/c1-23-12-3-8-20-18(22)15-6-9-21(10-7-15)11-13-24-17-5-2-4-16(19)14-17/h2,4-5,14-15H,3,6-13H2,1H3,(H,20,22). The largest absolute Gasteiger partial charge is 0.492 e. The number of piperidine rings is 1. The number of rotatable bonds is 9. The van der Waals surface area contributed by atoms with Crippen LogP contribution in [0.4, 0.5) is 4.39 Å². The van der Waals surface area contributed by atoms with E-state index in [0.717, 1.165) is 38.9 Å². The Morgan fingerprint density at radius 3 is 2.83 bits per heavy atom. The molecule has 0 spiro atoms. The van der Waals surface area contributed by atoms with E-state index in [1.54, 1.807) is 19.2 Å². The van der Waals surface area contributed by atoms with Crippen LogP contribution in [0, 0.1) is 11.7 Å². The molecule has 0 bridgehead atoms. The molecular weight excluding hydrogens is 311 g/mol. The van der Waals surface area contributed by atoms with Crippen molar-refractivity contribution in [1.29, 1.82) is 0 Å². The normalized spacial score (nSPS) is 16.1. The average Bonchev–Trinajstić information content (AvgIpc) is 2.59. The van der Waals surface area contributed by atoms with Crippen LogP contribution in [-0.2, 0) is 9.53 Å². The highest BCUT2D eigenvalue weighted by molar-refractivity contribution is 5.78. The molecule has 0 saturated carbocycles. The van der Waals surface area contributed by atoms with Gasteiger partial charge < -0.3 is 14.8 Å². The van der Waals surface area contributed by atoms with E-state index in [0.29, 0.717) is 25.5 Å². The van der Waals surface area contributed by atoms with E-state index < -0.39 is 0 Å². The fraction of sp³-hybridized carbons (Fsp3) is 0.611. The number of nitrogens with zero attached hydrogens (tertiary/aromatic N) is 1. The summed E-state index contributed by atoms with van der Waals surface area (Å²) in [5, 5.41) is 2.97. The molecule has 0 radical (unpaired) electrons. The van der Waals surface area contributed by atoms with Crippen molar-refractivity contribution in [1.82, 2.24) is 10.2 Å². The van der Waals surface area contributed by atoms with Crippen molar-refractivity contribution in [2.45, 2.75) is 19.3 Å². The van der Waals surface area contributed by atoms with E-state index >= 15 is 0 Å². The van der Waals surface area contributed by atoms with E-state index in [-0.39, 0.29) is 17.6 Å². The van der Waals surface area contributed by atoms with Crippen LogP contribution in [0.2, 0.25) is 0 Å². The number of benzene rings is 1. The van der Waals surface area contributed by atoms with Gasteiger partial charge in [-0.25, -0.2) is 4.39 Å². The van der Waals surface area contributed by atoms with Gasteiger partial charge in [0.05, 0.1) is 0 Å². The molecule has 6 heteroatoms. The molecular formula is C18H27FN2O3. The Bertz CT molecular complexity index is 505. The molecule has 2 rings (SSSR count). The van der Waals surface area contributed by atoms with E-state index in [9.17, 15) is 9.18 Å². The Morgan fingerprint density at radius 1 is 1.33 bits per heavy atom. The minimum absolute atomic E-state index is 0.105. The van der Waals surface area contributed by atoms with Gasteiger partial charge in [-0.1, -0.05) is 6.07 Å². The first-order valence-electron chi connectivity index (χ1n) is 8.56. The molecule has 1 heterocycles. The fourth-order valence-corrected chi connectivity index (χ4v) is 2.84. The zero-order chi connectivity index (χ0) is 17.2. The van der Waals surface area contributed by atoms with Crippen molar-refractivity contribution in [3.8, 4) is 5.75 Å². The molecule has 0 aromatic heterocycles. The first-order chi connectivity index (χ1) is 11.7. The highest BCUT2D eigenvalue weighted by Crippen LogP contribution is 2.17. The second-order valence-electron chi connectivity index (χ2n) is 6.06. The van der Waals surface area contributed by atoms with Crippen molar-refractivity contribution < 1.29 is 18.7 Å². The average molecular weight is 338 g/mol. The lowest BCUT2D eigenvalue weighted by Gasteiger charge is -2.31. The number of amides is 1. The van der Waals surface area contributed by atoms with Gasteiger partial charge in [0, 0.05) is 38.8 Å². The number of carbonyl (C=O) groups excluding carboxylic acids is 1. The van der Waals surface area contributed by atoms with Gasteiger partial charge in [0.2, 0.25) is 5.91 Å². The quantitative estimate of drug-likeness (QED) is 0.701. The van der Waals surface area contributed by atoms with Crippen LogP contribution in [0.3, 0.4) is 0 Å². The molecule has 1 saturated heterocycles. The Hall–Kier alpha value is -1.66. The van der Waals surface area contributed by atoms with Crippen molar-refractivity contribution in [2.75, 3.05) is 46.5 Å². The van der Waals surface area contributed by atoms with E-state index in [1.165, 1.54) is 12.1 Å². The van der Waals surface area contributed by atoms with Crippen LogP contribution < -0.4 is 10.1 Å². The van der Waals surface area contributed by atoms with Crippen molar-refractivity contribution >= 4 is 5.91 Å². The molecule has 5 nitrogen and oxygen atoms in total. The van der Waals surface area contributed by atoms with E-state index in [1.807, 2.05) is 0 Å². The minimum atomic E-state index is -0.287. The Labute approximate surface area is 143 Å². The topological polar surface area (TPSA) is 50.8 Å². The number of halogens is 1. The first kappa shape index (κ1) is 18.7. The zero-order valence-electron chi connectivity index (χ0n) is 14.3. The molecule has 1 N–H and O–H groups in total. The molecule has 0 unspecified atom stereocenters. The highest BCUT2D eigenvalue weighted by atomic mass is 19.1. The van der Waals surface area contributed by atoms with E-state index in [4.69, 9.17) is 9.47 Å². The predicted octanol–water partition coefficient (Wildman–Crippen LogP) is 2.07. The lowest BCUT2D eigenvalue weighted by atomic mass is 9.96. The van der Waals surface area contributed by atoms with Gasteiger partial charge >= 0.3 is 0 Å². The molecule has 1 aliphatic rings. The van der Waals surface area contributed by atoms with Crippen molar-refractivity contribution in [3.63, 3.8) is 0 Å². The molecule has 1 amide bonds. The van der Waals surface area contributed by atoms with Gasteiger partial charge in [-0.15, -0.1) is 0 Å². The Balaban J connectivity index is 1.59. The highest BCUT2D eigenvalue weighted by Gasteiger charge is 2.24. The van der Waals surface area contributed by atoms with Gasteiger partial charge in [0.1, 0.15) is 18.2 Å². The summed E-state index contributed by atoms with van der Waals surface area (Å²) < 4.78 is 23.6. The number of hydrogen-bond donors (Lipinski definition) is 1. The summed E-state index contributed by atoms with van der Waals surface area (Å²) >= 11 is 0. The number of nitrogens with one attached hydrogen (secondary N) is 1. The lowest BCUT2D eigenvalue weighted by Crippen LogP contribution is -2.42. The van der Waals surface area contributed by atoms with Crippen molar-refractivity contribution in [3.05, 3.63) is 30.1 Å². The third-order valence-corrected chi connectivity index (χ3v) is 4.26. The monoisotopic (exact) mass is 338 g/mol. The molecule has 1 aliphatic heterocycles. The zero-order valence-corrected chi connectivity index (χ0v) is 14.3. The second kappa shape index (κ2) is 10.3. The van der Waals surface area contributed by atoms with Gasteiger partial charge in [0.15, 0.2) is 0 Å². The summed E-state index contributed by atoms with van der Waals surface area (Å²) in [6, 6.07) is 6.18. The second-order valence-corrected chi connectivity index (χ2v) is 6.06. The van der Waals surface area contributed by atoms with Crippen LogP contribution in [0.1, 0.15) is 19.3 Å². The van der Waals surface area contributed by atoms with Gasteiger partial charge in [-0.05, 0) is 44.5 Å². The fourth-order valence-electron chi connectivity index (χ4n) is 2.84. The molecule has 24 heavy (non-hydrogen) atoms. The number of ether oxygens (including phenoxy) is 2. The summed E-state index contributed by atoms with van der Waals surface area (Å²) in [6.45, 7) is 4.44. The molecule has 1 aromatic rings. The summed E-state index contributed by atoms with van der Waals surface area (Å²) in [7, 11) is 1.66. The third kappa shape index (κ3) is 6.45. The number of carbonyl (C=O) groups is 1. The summed E-state index contributed by atoms with van der Waals surface area (Å²) in [5.74, 6) is 0.528. The maximum absolute atomic E-state index is 13.1. The summed E-state index contributed by atoms with van der Waals surface area (Å²) in [5.41, 5.74) is 0. The molecule has 0 aliphatic carbocycles. The molecule has 1 fully saturated rings. The first-order valence-corrected chi connectivity index (χ1v) is 8.56. The van der Waals surface area contributed by atoms with Crippen LogP contribution in [0.25, 0.3) is 0 Å². The number of likely N-dealkylation sites (tertiary alicyclic amines) is 1. The van der Waals surface area contributed by atoms with Gasteiger partial charge in [-0.3, -0.25) is 9.69 Å². The number of methoxy groups -OCH3 is 1. The van der Waals surface area contributed by atoms with Crippen molar-refractivity contribution in [2.24, 2.45) is 5.92 Å². The summed E-state index contributed by atoms with van der Waals surface area (Å²) in [4.78, 5) is 14.4. The molecule has 1 aromatic carbocycles.